The lowest BCUT2D eigenvalue weighted by Crippen LogP contribution is -2.30. The van der Waals surface area contributed by atoms with Gasteiger partial charge in [0.1, 0.15) is 5.01 Å². The van der Waals surface area contributed by atoms with Crippen LogP contribution in [0.5, 0.6) is 0 Å². The topological polar surface area (TPSA) is 21.7 Å². The van der Waals surface area contributed by atoms with Crippen LogP contribution in [0.3, 0.4) is 0 Å². The smallest absolute Gasteiger partial charge is 0.236 e. The summed E-state index contributed by atoms with van der Waals surface area (Å²) in [5.41, 5.74) is 7.24. The van der Waals surface area contributed by atoms with Gasteiger partial charge in [0.05, 0.1) is 29.9 Å². The third kappa shape index (κ3) is 2.41. The molecule has 2 aromatic heterocycles. The van der Waals surface area contributed by atoms with Gasteiger partial charge in [-0.1, -0.05) is 48.5 Å². The van der Waals surface area contributed by atoms with E-state index in [1.54, 1.807) is 11.3 Å². The molecule has 27 heavy (non-hydrogen) atoms. The van der Waals surface area contributed by atoms with Gasteiger partial charge in [-0.3, -0.25) is 0 Å². The second-order valence-electron chi connectivity index (χ2n) is 6.92. The van der Waals surface area contributed by atoms with Crippen LogP contribution < -0.4 is 4.57 Å². The number of fused-ring (bicyclic) bond motifs is 2. The molecule has 4 heteroatoms. The van der Waals surface area contributed by atoms with Crippen LogP contribution in [0, 0.1) is 6.92 Å². The van der Waals surface area contributed by atoms with Crippen LogP contribution >= 0.6 is 11.3 Å². The molecule has 0 atom stereocenters. The maximum Gasteiger partial charge on any atom is 0.291 e. The zero-order valence-electron chi connectivity index (χ0n) is 15.6. The lowest BCUT2D eigenvalue weighted by molar-refractivity contribution is -0.634. The fourth-order valence-corrected chi connectivity index (χ4v) is 5.06. The van der Waals surface area contributed by atoms with Gasteiger partial charge in [-0.05, 0) is 30.7 Å². The minimum atomic E-state index is 1.06. The summed E-state index contributed by atoms with van der Waals surface area (Å²) in [5, 5.41) is 1.07. The third-order valence-corrected chi connectivity index (χ3v) is 6.39. The zero-order valence-corrected chi connectivity index (χ0v) is 16.4. The first-order valence-corrected chi connectivity index (χ1v) is 9.86. The Morgan fingerprint density at radius 1 is 0.926 bits per heavy atom. The molecule has 0 aliphatic rings. The second kappa shape index (κ2) is 6.03. The fraction of sp³-hybridized carbons (Fsp3) is 0.130. The van der Waals surface area contributed by atoms with Gasteiger partial charge >= 0.3 is 0 Å². The van der Waals surface area contributed by atoms with Crippen LogP contribution in [-0.2, 0) is 14.1 Å². The van der Waals surface area contributed by atoms with Crippen molar-refractivity contribution in [2.24, 2.45) is 14.1 Å². The predicted molar refractivity (Wildman–Crippen MR) is 113 cm³/mol. The average Bonchev–Trinajstić information content (AvgIpc) is 3.24. The maximum absolute atomic E-state index is 4.92. The molecule has 0 radical (unpaired) electrons. The largest absolute Gasteiger partial charge is 0.291 e. The molecule has 0 aliphatic carbocycles. The molecule has 0 spiro atoms. The Balaban J connectivity index is 1.84. The Labute approximate surface area is 162 Å². The Bertz CT molecular complexity index is 1260. The molecule has 132 valence electrons. The zero-order chi connectivity index (χ0) is 18.5. The van der Waals surface area contributed by atoms with E-state index in [0.29, 0.717) is 0 Å². The van der Waals surface area contributed by atoms with Crippen molar-refractivity contribution in [1.29, 1.82) is 0 Å². The average molecular weight is 371 g/mol. The number of aromatic nitrogens is 3. The standard InChI is InChI=1S/C23H20N3S/c1-15-13-14-17-21(27-22(24-17)16-9-5-4-6-10-16)20(15)23-25(2)18-11-7-8-12-19(18)26(23)3/h4-14H,1-3H3/q+1. The fourth-order valence-electron chi connectivity index (χ4n) is 3.89. The van der Waals surface area contributed by atoms with Crippen molar-refractivity contribution in [3.63, 3.8) is 0 Å². The normalized spacial score (nSPS) is 11.5. The summed E-state index contributed by atoms with van der Waals surface area (Å²) in [6, 6.07) is 23.3. The van der Waals surface area contributed by atoms with E-state index >= 15 is 0 Å². The van der Waals surface area contributed by atoms with Gasteiger partial charge in [0.2, 0.25) is 0 Å². The Morgan fingerprint density at radius 2 is 1.67 bits per heavy atom. The first-order valence-electron chi connectivity index (χ1n) is 9.04. The number of thiazole rings is 1. The molecule has 3 nitrogen and oxygen atoms in total. The highest BCUT2D eigenvalue weighted by Crippen LogP contribution is 2.38. The number of hydrogen-bond acceptors (Lipinski definition) is 2. The number of imidazole rings is 1. The van der Waals surface area contributed by atoms with Crippen LogP contribution in [0.15, 0.2) is 66.7 Å². The van der Waals surface area contributed by atoms with Crippen molar-refractivity contribution in [2.45, 2.75) is 6.92 Å². The number of nitrogens with zero attached hydrogens (tertiary/aromatic N) is 3. The summed E-state index contributed by atoms with van der Waals surface area (Å²) < 4.78 is 5.83. The summed E-state index contributed by atoms with van der Waals surface area (Å²) in [5.74, 6) is 1.21. The molecule has 0 saturated carbocycles. The number of benzene rings is 3. The number of aryl methyl sites for hydroxylation is 3. The van der Waals surface area contributed by atoms with Gasteiger partial charge in [0.25, 0.3) is 5.82 Å². The van der Waals surface area contributed by atoms with Crippen molar-refractivity contribution >= 4 is 32.6 Å². The van der Waals surface area contributed by atoms with Crippen molar-refractivity contribution in [1.82, 2.24) is 9.55 Å². The minimum Gasteiger partial charge on any atom is -0.236 e. The van der Waals surface area contributed by atoms with Gasteiger partial charge in [0, 0.05) is 5.56 Å². The van der Waals surface area contributed by atoms with Crippen LogP contribution in [0.2, 0.25) is 0 Å². The van der Waals surface area contributed by atoms with E-state index in [-0.39, 0.29) is 0 Å². The van der Waals surface area contributed by atoms with Gasteiger partial charge in [-0.2, -0.15) is 0 Å². The second-order valence-corrected chi connectivity index (χ2v) is 7.92. The van der Waals surface area contributed by atoms with Crippen LogP contribution in [0.25, 0.3) is 43.2 Å². The molecule has 0 aliphatic heterocycles. The van der Waals surface area contributed by atoms with E-state index in [9.17, 15) is 0 Å². The molecule has 0 saturated heterocycles. The quantitative estimate of drug-likeness (QED) is 0.389. The molecule has 0 unspecified atom stereocenters. The maximum atomic E-state index is 4.92. The molecule has 0 amide bonds. The van der Waals surface area contributed by atoms with Gasteiger partial charge in [-0.15, -0.1) is 11.3 Å². The summed E-state index contributed by atoms with van der Waals surface area (Å²) in [6.45, 7) is 2.19. The highest BCUT2D eigenvalue weighted by atomic mass is 32.1. The van der Waals surface area contributed by atoms with E-state index in [1.807, 2.05) is 6.07 Å². The highest BCUT2D eigenvalue weighted by Gasteiger charge is 2.26. The summed E-state index contributed by atoms with van der Waals surface area (Å²) in [7, 11) is 4.30. The molecule has 2 heterocycles. The first kappa shape index (κ1) is 16.2. The van der Waals surface area contributed by atoms with Crippen LogP contribution in [-0.4, -0.2) is 9.55 Å². The van der Waals surface area contributed by atoms with E-state index in [2.05, 4.69) is 90.8 Å². The Kier molecular flexibility index (Phi) is 3.62. The van der Waals surface area contributed by atoms with Crippen molar-refractivity contribution in [3.8, 4) is 22.0 Å². The van der Waals surface area contributed by atoms with Crippen LogP contribution in [0.4, 0.5) is 0 Å². The van der Waals surface area contributed by atoms with E-state index < -0.39 is 0 Å². The number of hydrogen-bond donors (Lipinski definition) is 0. The predicted octanol–water partition coefficient (Wildman–Crippen LogP) is 5.25. The molecule has 5 aromatic rings. The molecular formula is C23H20N3S+. The van der Waals surface area contributed by atoms with E-state index in [0.717, 1.165) is 10.5 Å². The van der Waals surface area contributed by atoms with Crippen LogP contribution in [0.1, 0.15) is 5.56 Å². The minimum absolute atomic E-state index is 1.06. The highest BCUT2D eigenvalue weighted by molar-refractivity contribution is 7.22. The molecule has 0 N–H and O–H groups in total. The third-order valence-electron chi connectivity index (χ3n) is 5.25. The summed E-state index contributed by atoms with van der Waals surface area (Å²) in [4.78, 5) is 4.92. The molecule has 0 fully saturated rings. The van der Waals surface area contributed by atoms with E-state index in [1.165, 1.54) is 38.2 Å². The SMILES string of the molecule is Cc1ccc2nc(-c3ccccc3)sc2c1-c1n(C)c2ccccc2[n+]1C. The van der Waals surface area contributed by atoms with Gasteiger partial charge in [-0.25, -0.2) is 14.1 Å². The van der Waals surface area contributed by atoms with Gasteiger partial charge in [0.15, 0.2) is 11.0 Å². The first-order chi connectivity index (χ1) is 13.1. The summed E-state index contributed by atoms with van der Waals surface area (Å²) >= 11 is 1.78. The van der Waals surface area contributed by atoms with Crippen molar-refractivity contribution in [3.05, 3.63) is 72.3 Å². The van der Waals surface area contributed by atoms with E-state index in [4.69, 9.17) is 4.98 Å². The lowest BCUT2D eigenvalue weighted by atomic mass is 10.1. The molecule has 3 aromatic carbocycles. The molecule has 5 rings (SSSR count). The number of para-hydroxylation sites is 2. The summed E-state index contributed by atoms with van der Waals surface area (Å²) in [6.07, 6.45) is 0. The number of rotatable bonds is 2. The van der Waals surface area contributed by atoms with Crippen molar-refractivity contribution < 1.29 is 4.57 Å². The Morgan fingerprint density at radius 3 is 2.44 bits per heavy atom. The lowest BCUT2D eigenvalue weighted by Gasteiger charge is -2.04. The monoisotopic (exact) mass is 370 g/mol. The molecular weight excluding hydrogens is 350 g/mol. The Hall–Kier alpha value is -2.98. The van der Waals surface area contributed by atoms with Crippen molar-refractivity contribution in [2.75, 3.05) is 0 Å². The molecule has 0 bridgehead atoms. The van der Waals surface area contributed by atoms with Gasteiger partial charge < -0.3 is 0 Å².